The van der Waals surface area contributed by atoms with Crippen molar-refractivity contribution in [2.24, 2.45) is 5.73 Å². The number of hydrogen-bond donors (Lipinski definition) is 1. The number of halogens is 4. The Morgan fingerprint density at radius 1 is 1.19 bits per heavy atom. The molecule has 0 fully saturated rings. The number of carbonyl (C=O) groups excluding carboxylic acids is 1. The summed E-state index contributed by atoms with van der Waals surface area (Å²) in [7, 11) is 0. The zero-order valence-corrected chi connectivity index (χ0v) is 14.3. The molecule has 0 unspecified atom stereocenters. The lowest BCUT2D eigenvalue weighted by Crippen LogP contribution is -2.10. The van der Waals surface area contributed by atoms with Crippen molar-refractivity contribution in [2.45, 2.75) is 12.8 Å². The maximum Gasteiger partial charge on any atom is 0.416 e. The molecular formula is C18H12ClF3N2O3. The Hall–Kier alpha value is -3.00. The number of nitrogens with zero attached hydrogens (tertiary/aromatic N) is 1. The molecule has 5 nitrogen and oxygen atoms in total. The molecule has 3 aromatic rings. The van der Waals surface area contributed by atoms with Crippen LogP contribution < -0.4 is 10.5 Å². The number of hydrogen-bond acceptors (Lipinski definition) is 4. The van der Waals surface area contributed by atoms with Gasteiger partial charge in [-0.15, -0.1) is 0 Å². The van der Waals surface area contributed by atoms with Crippen molar-refractivity contribution < 1.29 is 27.2 Å². The number of rotatable bonds is 5. The largest absolute Gasteiger partial charge is 0.487 e. The average molecular weight is 397 g/mol. The summed E-state index contributed by atoms with van der Waals surface area (Å²) < 4.78 is 49.3. The van der Waals surface area contributed by atoms with E-state index in [1.165, 1.54) is 36.4 Å². The van der Waals surface area contributed by atoms with Gasteiger partial charge < -0.3 is 15.0 Å². The Labute approximate surface area is 156 Å². The fraction of sp³-hybridized carbons (Fsp3) is 0.111. The number of aromatic nitrogens is 1. The maximum atomic E-state index is 13.0. The van der Waals surface area contributed by atoms with E-state index in [0.717, 1.165) is 6.07 Å². The third-order valence-corrected chi connectivity index (χ3v) is 3.98. The minimum Gasteiger partial charge on any atom is -0.487 e. The standard InChI is InChI=1S/C18H12ClF3N2O3/c19-13-7-10(14-8-16(17(23)25)27-24-14)5-6-15(13)26-9-11-3-1-2-4-12(11)18(20,21)22/h1-8H,9H2,(H2,23,25). The summed E-state index contributed by atoms with van der Waals surface area (Å²) in [4.78, 5) is 11.0. The lowest BCUT2D eigenvalue weighted by Gasteiger charge is -2.14. The highest BCUT2D eigenvalue weighted by Crippen LogP contribution is 2.34. The molecule has 0 bridgehead atoms. The van der Waals surface area contributed by atoms with Crippen molar-refractivity contribution in [3.63, 3.8) is 0 Å². The van der Waals surface area contributed by atoms with Crippen LogP contribution in [0.2, 0.25) is 5.02 Å². The summed E-state index contributed by atoms with van der Waals surface area (Å²) in [5.74, 6) is -0.663. The van der Waals surface area contributed by atoms with Crippen LogP contribution in [0.25, 0.3) is 11.3 Å². The van der Waals surface area contributed by atoms with Crippen LogP contribution in [-0.2, 0) is 12.8 Å². The van der Waals surface area contributed by atoms with Gasteiger partial charge in [0.15, 0.2) is 0 Å². The van der Waals surface area contributed by atoms with Crippen molar-refractivity contribution in [3.8, 4) is 17.0 Å². The highest BCUT2D eigenvalue weighted by Gasteiger charge is 2.33. The summed E-state index contributed by atoms with van der Waals surface area (Å²) >= 11 is 6.15. The second-order valence-electron chi connectivity index (χ2n) is 5.53. The highest BCUT2D eigenvalue weighted by molar-refractivity contribution is 6.32. The fourth-order valence-corrected chi connectivity index (χ4v) is 2.62. The molecule has 0 spiro atoms. The summed E-state index contributed by atoms with van der Waals surface area (Å²) in [6.45, 7) is -0.301. The van der Waals surface area contributed by atoms with Gasteiger partial charge in [0.1, 0.15) is 18.1 Å². The first-order valence-electron chi connectivity index (χ1n) is 7.60. The lowest BCUT2D eigenvalue weighted by atomic mass is 10.1. The molecule has 1 aromatic heterocycles. The van der Waals surface area contributed by atoms with E-state index in [-0.39, 0.29) is 28.7 Å². The summed E-state index contributed by atoms with van der Waals surface area (Å²) in [5.41, 5.74) is 5.19. The SMILES string of the molecule is NC(=O)c1cc(-c2ccc(OCc3ccccc3C(F)(F)F)c(Cl)c2)no1. The van der Waals surface area contributed by atoms with Crippen LogP contribution in [0.4, 0.5) is 13.2 Å². The average Bonchev–Trinajstić information content (AvgIpc) is 3.10. The van der Waals surface area contributed by atoms with Gasteiger partial charge in [0.25, 0.3) is 5.91 Å². The van der Waals surface area contributed by atoms with E-state index >= 15 is 0 Å². The Morgan fingerprint density at radius 3 is 2.56 bits per heavy atom. The van der Waals surface area contributed by atoms with Crippen LogP contribution in [0, 0.1) is 0 Å². The molecule has 2 aromatic carbocycles. The maximum absolute atomic E-state index is 13.0. The molecule has 0 aliphatic heterocycles. The first-order chi connectivity index (χ1) is 12.8. The van der Waals surface area contributed by atoms with Gasteiger partial charge >= 0.3 is 6.18 Å². The molecule has 9 heteroatoms. The summed E-state index contributed by atoms with van der Waals surface area (Å²) in [5, 5.41) is 3.88. The van der Waals surface area contributed by atoms with Crippen molar-refractivity contribution in [1.82, 2.24) is 5.16 Å². The molecule has 0 radical (unpaired) electrons. The predicted molar refractivity (Wildman–Crippen MR) is 91.2 cm³/mol. The second kappa shape index (κ2) is 7.32. The number of nitrogens with two attached hydrogens (primary N) is 1. The zero-order valence-electron chi connectivity index (χ0n) is 13.6. The molecule has 0 aliphatic rings. The van der Waals surface area contributed by atoms with Gasteiger partial charge in [-0.25, -0.2) is 0 Å². The Morgan fingerprint density at radius 2 is 1.93 bits per heavy atom. The van der Waals surface area contributed by atoms with E-state index in [0.29, 0.717) is 11.3 Å². The third kappa shape index (κ3) is 4.22. The van der Waals surface area contributed by atoms with Crippen LogP contribution >= 0.6 is 11.6 Å². The summed E-state index contributed by atoms with van der Waals surface area (Å²) in [6, 6.07) is 11.1. The van der Waals surface area contributed by atoms with Gasteiger partial charge in [0.2, 0.25) is 5.76 Å². The smallest absolute Gasteiger partial charge is 0.416 e. The Kier molecular flexibility index (Phi) is 5.09. The van der Waals surface area contributed by atoms with Gasteiger partial charge in [-0.3, -0.25) is 4.79 Å². The first-order valence-corrected chi connectivity index (χ1v) is 7.98. The number of primary amides is 1. The molecule has 140 valence electrons. The van der Waals surface area contributed by atoms with Gasteiger partial charge in [0.05, 0.1) is 10.6 Å². The van der Waals surface area contributed by atoms with E-state index in [2.05, 4.69) is 5.16 Å². The number of carbonyl (C=O) groups is 1. The van der Waals surface area contributed by atoms with Crippen LogP contribution in [0.1, 0.15) is 21.7 Å². The van der Waals surface area contributed by atoms with Crippen LogP contribution in [0.5, 0.6) is 5.75 Å². The molecule has 0 saturated heterocycles. The minimum absolute atomic E-state index is 0.00672. The van der Waals surface area contributed by atoms with Gasteiger partial charge in [-0.05, 0) is 24.3 Å². The molecule has 0 saturated carbocycles. The van der Waals surface area contributed by atoms with Crippen molar-refractivity contribution in [3.05, 3.63) is 70.4 Å². The number of alkyl halides is 3. The molecule has 1 amide bonds. The van der Waals surface area contributed by atoms with Crippen LogP contribution in [0.3, 0.4) is 0 Å². The molecule has 2 N–H and O–H groups in total. The minimum atomic E-state index is -4.47. The van der Waals surface area contributed by atoms with Gasteiger partial charge in [-0.1, -0.05) is 35.0 Å². The Balaban J connectivity index is 1.78. The molecule has 0 atom stereocenters. The normalized spacial score (nSPS) is 11.4. The van der Waals surface area contributed by atoms with Gasteiger partial charge in [0, 0.05) is 17.2 Å². The number of ether oxygens (including phenoxy) is 1. The molecule has 0 aliphatic carbocycles. The van der Waals surface area contributed by atoms with Gasteiger partial charge in [-0.2, -0.15) is 13.2 Å². The number of amides is 1. The second-order valence-corrected chi connectivity index (χ2v) is 5.94. The van der Waals surface area contributed by atoms with E-state index in [4.69, 9.17) is 26.6 Å². The van der Waals surface area contributed by atoms with Crippen LogP contribution in [0.15, 0.2) is 53.1 Å². The number of benzene rings is 2. The van der Waals surface area contributed by atoms with Crippen LogP contribution in [-0.4, -0.2) is 11.1 Å². The quantitative estimate of drug-likeness (QED) is 0.678. The van der Waals surface area contributed by atoms with Crippen molar-refractivity contribution >= 4 is 17.5 Å². The molecule has 3 rings (SSSR count). The third-order valence-electron chi connectivity index (χ3n) is 3.69. The van der Waals surface area contributed by atoms with Crippen molar-refractivity contribution in [1.29, 1.82) is 0 Å². The lowest BCUT2D eigenvalue weighted by molar-refractivity contribution is -0.138. The van der Waals surface area contributed by atoms with Crippen molar-refractivity contribution in [2.75, 3.05) is 0 Å². The van der Waals surface area contributed by atoms with E-state index < -0.39 is 17.6 Å². The monoisotopic (exact) mass is 396 g/mol. The van der Waals surface area contributed by atoms with E-state index in [1.54, 1.807) is 6.07 Å². The first kappa shape index (κ1) is 18.8. The molecular weight excluding hydrogens is 385 g/mol. The Bertz CT molecular complexity index is 986. The fourth-order valence-electron chi connectivity index (χ4n) is 2.38. The topological polar surface area (TPSA) is 78.4 Å². The molecule has 27 heavy (non-hydrogen) atoms. The highest BCUT2D eigenvalue weighted by atomic mass is 35.5. The zero-order chi connectivity index (χ0) is 19.6. The predicted octanol–water partition coefficient (Wildman–Crippen LogP) is 4.69. The summed E-state index contributed by atoms with van der Waals surface area (Å²) in [6.07, 6.45) is -4.47. The van der Waals surface area contributed by atoms with E-state index in [1.807, 2.05) is 0 Å². The van der Waals surface area contributed by atoms with E-state index in [9.17, 15) is 18.0 Å². The molecule has 1 heterocycles.